The van der Waals surface area contributed by atoms with E-state index in [9.17, 15) is 14.4 Å². The summed E-state index contributed by atoms with van der Waals surface area (Å²) in [5.41, 5.74) is 0.680. The molecule has 39 heavy (non-hydrogen) atoms. The van der Waals surface area contributed by atoms with Crippen molar-refractivity contribution in [3.8, 4) is 11.5 Å². The van der Waals surface area contributed by atoms with Crippen molar-refractivity contribution < 1.29 is 19.1 Å². The highest BCUT2D eigenvalue weighted by Gasteiger charge is 2.52. The number of thioether (sulfide) groups is 1. The molecule has 5 atom stereocenters. The normalized spacial score (nSPS) is 27.4. The van der Waals surface area contributed by atoms with E-state index in [1.807, 2.05) is 30.3 Å². The third kappa shape index (κ3) is 5.11. The van der Waals surface area contributed by atoms with E-state index >= 15 is 0 Å². The fraction of sp³-hybridized carbons (Fsp3) is 0.357. The number of piperidine rings is 1. The topological polar surface area (TPSA) is 125 Å². The van der Waals surface area contributed by atoms with Crippen LogP contribution in [0.4, 0.5) is 10.6 Å². The van der Waals surface area contributed by atoms with E-state index in [2.05, 4.69) is 32.8 Å². The van der Waals surface area contributed by atoms with Crippen LogP contribution >= 0.6 is 11.8 Å². The fourth-order valence-electron chi connectivity index (χ4n) is 5.84. The van der Waals surface area contributed by atoms with E-state index in [0.717, 1.165) is 25.8 Å². The van der Waals surface area contributed by atoms with Gasteiger partial charge < -0.3 is 26.0 Å². The highest BCUT2D eigenvalue weighted by atomic mass is 32.2. The molecule has 4 N–H and O–H groups in total. The van der Waals surface area contributed by atoms with Gasteiger partial charge in [-0.25, -0.2) is 9.78 Å². The minimum Gasteiger partial charge on any atom is -0.456 e. The molecule has 4 heterocycles. The second-order valence-electron chi connectivity index (χ2n) is 10.1. The maximum Gasteiger partial charge on any atom is 0.327 e. The van der Waals surface area contributed by atoms with E-state index in [-0.39, 0.29) is 47.3 Å². The molecule has 4 aliphatic rings. The highest BCUT2D eigenvalue weighted by Crippen LogP contribution is 2.47. The molecule has 3 aliphatic heterocycles. The van der Waals surface area contributed by atoms with Crippen LogP contribution in [0.15, 0.2) is 71.9 Å². The number of hydrogen-bond acceptors (Lipinski definition) is 7. The predicted molar refractivity (Wildman–Crippen MR) is 148 cm³/mol. The van der Waals surface area contributed by atoms with Crippen molar-refractivity contribution in [2.45, 2.75) is 49.2 Å². The van der Waals surface area contributed by atoms with E-state index in [1.54, 1.807) is 23.2 Å². The molecule has 3 unspecified atom stereocenters. The number of carbonyl (C=O) groups is 3. The number of rotatable bonds is 7. The summed E-state index contributed by atoms with van der Waals surface area (Å²) in [7, 11) is 0. The minimum absolute atomic E-state index is 0.0169. The maximum atomic E-state index is 13.4. The molecule has 1 aromatic heterocycles. The molecule has 2 aromatic rings. The fourth-order valence-corrected chi connectivity index (χ4v) is 7.24. The average molecular weight is 547 g/mol. The number of benzene rings is 1. The van der Waals surface area contributed by atoms with Crippen molar-refractivity contribution in [2.24, 2.45) is 5.92 Å². The molecular weight excluding hydrogens is 516 g/mol. The van der Waals surface area contributed by atoms with Crippen molar-refractivity contribution in [3.63, 3.8) is 0 Å². The molecule has 4 amide bonds. The minimum atomic E-state index is -0.294. The number of carbonyl (C=O) groups excluding carboxylic acids is 3. The first-order valence-electron chi connectivity index (χ1n) is 13.2. The Morgan fingerprint density at radius 3 is 2.62 bits per heavy atom. The van der Waals surface area contributed by atoms with Gasteiger partial charge in [0.25, 0.3) is 5.91 Å². The Balaban J connectivity index is 1.17. The largest absolute Gasteiger partial charge is 0.456 e. The Morgan fingerprint density at radius 2 is 1.87 bits per heavy atom. The maximum absolute atomic E-state index is 13.4. The van der Waals surface area contributed by atoms with E-state index in [0.29, 0.717) is 34.3 Å². The Labute approximate surface area is 230 Å². The summed E-state index contributed by atoms with van der Waals surface area (Å²) in [5.74, 6) is 1.39. The molecule has 1 aromatic carbocycles. The third-order valence-electron chi connectivity index (χ3n) is 7.59. The molecule has 6 rings (SSSR count). The summed E-state index contributed by atoms with van der Waals surface area (Å²) >= 11 is 1.47. The Hall–Kier alpha value is -3.83. The van der Waals surface area contributed by atoms with Gasteiger partial charge in [-0.15, -0.1) is 0 Å². The van der Waals surface area contributed by atoms with Gasteiger partial charge in [-0.2, -0.15) is 0 Å². The van der Waals surface area contributed by atoms with Crippen LogP contribution in [0.1, 0.15) is 25.7 Å². The lowest BCUT2D eigenvalue weighted by Crippen LogP contribution is -2.62. The first-order chi connectivity index (χ1) is 19.0. The summed E-state index contributed by atoms with van der Waals surface area (Å²) in [6, 6.07) is 12.6. The van der Waals surface area contributed by atoms with Crippen molar-refractivity contribution in [1.29, 1.82) is 0 Å². The predicted octanol–water partition coefficient (Wildman–Crippen LogP) is 3.01. The van der Waals surface area contributed by atoms with Crippen LogP contribution in [-0.4, -0.2) is 52.9 Å². The number of pyridine rings is 1. The molecule has 2 saturated heterocycles. The lowest BCUT2D eigenvalue weighted by atomic mass is 9.86. The van der Waals surface area contributed by atoms with Gasteiger partial charge in [0.2, 0.25) is 5.91 Å². The number of nitrogens with zero attached hydrogens (tertiary/aromatic N) is 2. The second-order valence-corrected chi connectivity index (χ2v) is 11.2. The van der Waals surface area contributed by atoms with Gasteiger partial charge in [0.1, 0.15) is 17.3 Å². The van der Waals surface area contributed by atoms with Crippen LogP contribution in [0.2, 0.25) is 0 Å². The molecule has 202 valence electrons. The van der Waals surface area contributed by atoms with Crippen LogP contribution in [0.5, 0.6) is 11.5 Å². The molecule has 10 nitrogen and oxygen atoms in total. The lowest BCUT2D eigenvalue weighted by Gasteiger charge is -2.45. The highest BCUT2D eigenvalue weighted by molar-refractivity contribution is 8.04. The molecule has 11 heteroatoms. The number of anilines is 1. The first kappa shape index (κ1) is 25.4. The molecular formula is C28H30N6O4S. The van der Waals surface area contributed by atoms with Gasteiger partial charge in [0.15, 0.2) is 0 Å². The second kappa shape index (κ2) is 10.7. The number of nitrogens with one attached hydrogen (secondary N) is 4. The zero-order valence-corrected chi connectivity index (χ0v) is 22.1. The quantitative estimate of drug-likeness (QED) is 0.394. The Kier molecular flexibility index (Phi) is 7.01. The van der Waals surface area contributed by atoms with Crippen molar-refractivity contribution in [1.82, 2.24) is 26.3 Å². The molecule has 1 saturated carbocycles. The van der Waals surface area contributed by atoms with Crippen molar-refractivity contribution in [2.75, 3.05) is 11.4 Å². The van der Waals surface area contributed by atoms with Crippen molar-refractivity contribution in [3.05, 3.63) is 71.9 Å². The molecule has 3 fully saturated rings. The van der Waals surface area contributed by atoms with E-state index in [4.69, 9.17) is 4.74 Å². The van der Waals surface area contributed by atoms with Gasteiger partial charge in [-0.05, 0) is 62.6 Å². The van der Waals surface area contributed by atoms with Crippen LogP contribution in [-0.2, 0) is 9.59 Å². The van der Waals surface area contributed by atoms with Crippen LogP contribution in [0.25, 0.3) is 0 Å². The van der Waals surface area contributed by atoms with Crippen LogP contribution in [0.3, 0.4) is 0 Å². The number of urea groups is 1. The number of hydrogen-bond donors (Lipinski definition) is 4. The van der Waals surface area contributed by atoms with Crippen LogP contribution < -0.4 is 30.9 Å². The van der Waals surface area contributed by atoms with E-state index < -0.39 is 0 Å². The summed E-state index contributed by atoms with van der Waals surface area (Å²) in [6.07, 6.45) is 5.87. The van der Waals surface area contributed by atoms with Crippen molar-refractivity contribution >= 4 is 35.4 Å². The number of aromatic nitrogens is 1. The first-order valence-corrected chi connectivity index (χ1v) is 14.1. The standard InChI is InChI=1S/C28H30N6O4S/c1-2-22(35)31-16-8-9-17(14-16)32-26(36)25-24-23-20(12-13-29-27(23)39-25)34(28(37)33-24)21-11-10-19(15-30-21)38-18-6-4-3-5-7-18/h2-7,10-11,15-17,20,23,27,29H,1,8-9,12-14H2,(H,31,35)(H,32,36)(H,33,37)/t16-,17+,20?,23?,27?/m0/s1. The van der Waals surface area contributed by atoms with Gasteiger partial charge in [-0.1, -0.05) is 36.5 Å². The van der Waals surface area contributed by atoms with Crippen LogP contribution in [0, 0.1) is 5.92 Å². The summed E-state index contributed by atoms with van der Waals surface area (Å²) in [5, 5.41) is 12.5. The smallest absolute Gasteiger partial charge is 0.327 e. The lowest BCUT2D eigenvalue weighted by molar-refractivity contribution is -0.117. The van der Waals surface area contributed by atoms with Gasteiger partial charge in [-0.3, -0.25) is 14.5 Å². The summed E-state index contributed by atoms with van der Waals surface area (Å²) in [4.78, 5) is 45.2. The zero-order valence-electron chi connectivity index (χ0n) is 21.3. The average Bonchev–Trinajstić information content (AvgIpc) is 3.55. The van der Waals surface area contributed by atoms with Gasteiger partial charge in [0, 0.05) is 23.7 Å². The zero-order chi connectivity index (χ0) is 26.9. The van der Waals surface area contributed by atoms with E-state index in [1.165, 1.54) is 17.8 Å². The third-order valence-corrected chi connectivity index (χ3v) is 8.95. The van der Waals surface area contributed by atoms with Gasteiger partial charge in [0.05, 0.1) is 22.5 Å². The number of amides is 4. The molecule has 0 spiro atoms. The Bertz CT molecular complexity index is 1320. The molecule has 0 bridgehead atoms. The molecule has 1 aliphatic carbocycles. The van der Waals surface area contributed by atoms with Gasteiger partial charge >= 0.3 is 6.03 Å². The number of para-hydroxylation sites is 1. The molecule has 0 radical (unpaired) electrons. The Morgan fingerprint density at radius 1 is 1.08 bits per heavy atom. The summed E-state index contributed by atoms with van der Waals surface area (Å²) in [6.45, 7) is 4.22. The number of ether oxygens (including phenoxy) is 1. The summed E-state index contributed by atoms with van der Waals surface area (Å²) < 4.78 is 5.85. The SMILES string of the molecule is C=CC(=O)N[C@H]1CC[C@@H](NC(=O)C2=C3NC(=O)N(c4ccc(Oc5ccccc5)cn4)C4CCNC(S2)C34)C1. The monoisotopic (exact) mass is 546 g/mol.